The smallest absolute Gasteiger partial charge is 0.237 e. The summed E-state index contributed by atoms with van der Waals surface area (Å²) in [6.07, 6.45) is 3.89. The van der Waals surface area contributed by atoms with Crippen molar-refractivity contribution in [1.29, 1.82) is 0 Å². The third-order valence-electron chi connectivity index (χ3n) is 6.21. The highest BCUT2D eigenvalue weighted by Crippen LogP contribution is 2.34. The summed E-state index contributed by atoms with van der Waals surface area (Å²) < 4.78 is 6.18. The van der Waals surface area contributed by atoms with Crippen LogP contribution in [0.5, 0.6) is 5.75 Å². The minimum Gasteiger partial charge on any atom is -0.491 e. The first kappa shape index (κ1) is 25.5. The molecule has 0 spiro atoms. The Morgan fingerprint density at radius 2 is 2.09 bits per heavy atom. The lowest BCUT2D eigenvalue weighted by molar-refractivity contribution is -0.136. The second-order valence-corrected chi connectivity index (χ2v) is 10.1. The van der Waals surface area contributed by atoms with Crippen LogP contribution in [-0.4, -0.2) is 59.7 Å². The van der Waals surface area contributed by atoms with Crippen LogP contribution < -0.4 is 4.74 Å². The summed E-state index contributed by atoms with van der Waals surface area (Å²) in [5.74, 6) is 1.37. The number of thiophene rings is 1. The van der Waals surface area contributed by atoms with Crippen LogP contribution >= 0.6 is 11.3 Å². The summed E-state index contributed by atoms with van der Waals surface area (Å²) in [5.41, 5.74) is 2.48. The van der Waals surface area contributed by atoms with E-state index in [1.807, 2.05) is 21.9 Å². The van der Waals surface area contributed by atoms with Crippen molar-refractivity contribution in [2.24, 2.45) is 0 Å². The van der Waals surface area contributed by atoms with Gasteiger partial charge < -0.3 is 14.7 Å². The van der Waals surface area contributed by atoms with Crippen molar-refractivity contribution in [3.8, 4) is 5.75 Å². The van der Waals surface area contributed by atoms with Crippen LogP contribution in [-0.2, 0) is 11.2 Å². The molecule has 0 bridgehead atoms. The minimum atomic E-state index is -0.430. The fourth-order valence-corrected chi connectivity index (χ4v) is 5.32. The van der Waals surface area contributed by atoms with Gasteiger partial charge in [0.05, 0.1) is 18.7 Å². The van der Waals surface area contributed by atoms with Crippen LogP contribution in [0.2, 0.25) is 0 Å². The second kappa shape index (κ2) is 12.4. The molecule has 0 saturated carbocycles. The monoisotopic (exact) mass is 470 g/mol. The molecular formula is C27H38N2O3S. The average molecular weight is 471 g/mol. The number of nitrogens with zero attached hydrogens (tertiary/aromatic N) is 2. The molecule has 5 nitrogen and oxygen atoms in total. The van der Waals surface area contributed by atoms with Gasteiger partial charge in [-0.3, -0.25) is 9.69 Å². The summed E-state index contributed by atoms with van der Waals surface area (Å²) in [7, 11) is 0. The van der Waals surface area contributed by atoms with Crippen LogP contribution in [0.4, 0.5) is 0 Å². The van der Waals surface area contributed by atoms with Crippen molar-refractivity contribution in [2.75, 3.05) is 32.8 Å². The number of rotatable bonds is 12. The van der Waals surface area contributed by atoms with Crippen molar-refractivity contribution < 1.29 is 14.6 Å². The number of carbonyl (C=O) groups is 1. The molecule has 2 heterocycles. The van der Waals surface area contributed by atoms with Crippen molar-refractivity contribution in [1.82, 2.24) is 9.80 Å². The van der Waals surface area contributed by atoms with E-state index in [9.17, 15) is 9.90 Å². The van der Waals surface area contributed by atoms with Crippen molar-refractivity contribution in [3.05, 3.63) is 64.4 Å². The largest absolute Gasteiger partial charge is 0.491 e. The van der Waals surface area contributed by atoms with E-state index in [1.165, 1.54) is 16.0 Å². The highest BCUT2D eigenvalue weighted by Gasteiger charge is 2.33. The van der Waals surface area contributed by atoms with Gasteiger partial charge in [-0.1, -0.05) is 45.4 Å². The van der Waals surface area contributed by atoms with E-state index in [2.05, 4.69) is 50.9 Å². The molecule has 0 aliphatic carbocycles. The molecule has 3 rings (SSSR count). The standard InChI is InChI=1S/C27H38N2O3S/c1-5-7-22(30)17-28(14-6-2)18-27(31)29-15-12-26-24(13-16-33-26)25(29)19-32-23-10-8-21(9-11-23)20(3)4/h6,8-11,13,16,20,22,25,30H,2,5,7,12,14-15,17-19H2,1,3-4H3. The molecule has 33 heavy (non-hydrogen) atoms. The number of hydrogen-bond acceptors (Lipinski definition) is 5. The predicted molar refractivity (Wildman–Crippen MR) is 136 cm³/mol. The fraction of sp³-hybridized carbons (Fsp3) is 0.519. The molecule has 0 saturated heterocycles. The highest BCUT2D eigenvalue weighted by molar-refractivity contribution is 7.10. The van der Waals surface area contributed by atoms with Crippen LogP contribution in [0.3, 0.4) is 0 Å². The van der Waals surface area contributed by atoms with Gasteiger partial charge in [0.1, 0.15) is 12.4 Å². The first-order chi connectivity index (χ1) is 15.9. The van der Waals surface area contributed by atoms with Crippen molar-refractivity contribution in [3.63, 3.8) is 0 Å². The Labute approximate surface area is 202 Å². The topological polar surface area (TPSA) is 53.0 Å². The molecule has 1 aliphatic rings. The molecule has 1 aromatic carbocycles. The number of benzene rings is 1. The first-order valence-corrected chi connectivity index (χ1v) is 12.9. The summed E-state index contributed by atoms with van der Waals surface area (Å²) in [5, 5.41) is 12.4. The van der Waals surface area contributed by atoms with Gasteiger partial charge in [0.2, 0.25) is 5.91 Å². The van der Waals surface area contributed by atoms with Crippen molar-refractivity contribution >= 4 is 17.2 Å². The Morgan fingerprint density at radius 1 is 1.33 bits per heavy atom. The van der Waals surface area contributed by atoms with E-state index >= 15 is 0 Å². The van der Waals surface area contributed by atoms with Gasteiger partial charge in [0.15, 0.2) is 0 Å². The Kier molecular flexibility index (Phi) is 9.53. The molecule has 2 atom stereocenters. The van der Waals surface area contributed by atoms with Gasteiger partial charge in [0.25, 0.3) is 0 Å². The third-order valence-corrected chi connectivity index (χ3v) is 7.20. The maximum atomic E-state index is 13.4. The van der Waals surface area contributed by atoms with Crippen LogP contribution in [0, 0.1) is 0 Å². The Bertz CT molecular complexity index is 893. The number of fused-ring (bicyclic) bond motifs is 1. The van der Waals surface area contributed by atoms with E-state index in [0.717, 1.165) is 25.0 Å². The van der Waals surface area contributed by atoms with Crippen LogP contribution in [0.1, 0.15) is 61.6 Å². The fourth-order valence-electron chi connectivity index (χ4n) is 4.39. The van der Waals surface area contributed by atoms with Gasteiger partial charge in [-0.2, -0.15) is 0 Å². The van der Waals surface area contributed by atoms with Gasteiger partial charge >= 0.3 is 0 Å². The van der Waals surface area contributed by atoms with Gasteiger partial charge in [-0.15, -0.1) is 17.9 Å². The molecule has 2 unspecified atom stereocenters. The molecule has 1 aliphatic heterocycles. The summed E-state index contributed by atoms with van der Waals surface area (Å²) in [6, 6.07) is 10.3. The molecule has 0 radical (unpaired) electrons. The predicted octanol–water partition coefficient (Wildman–Crippen LogP) is 5.03. The number of aliphatic hydroxyl groups excluding tert-OH is 1. The van der Waals surface area contributed by atoms with E-state index in [0.29, 0.717) is 32.2 Å². The zero-order chi connectivity index (χ0) is 23.8. The minimum absolute atomic E-state index is 0.0705. The van der Waals surface area contributed by atoms with E-state index in [-0.39, 0.29) is 18.5 Å². The third kappa shape index (κ3) is 6.92. The molecule has 1 N–H and O–H groups in total. The molecular weight excluding hydrogens is 432 g/mol. The first-order valence-electron chi connectivity index (χ1n) is 12.0. The maximum absolute atomic E-state index is 13.4. The van der Waals surface area contributed by atoms with Gasteiger partial charge in [-0.05, 0) is 53.5 Å². The molecule has 6 heteroatoms. The summed E-state index contributed by atoms with van der Waals surface area (Å²) in [6.45, 7) is 12.7. The summed E-state index contributed by atoms with van der Waals surface area (Å²) in [4.78, 5) is 18.7. The van der Waals surface area contributed by atoms with Gasteiger partial charge in [-0.25, -0.2) is 0 Å². The van der Waals surface area contributed by atoms with Gasteiger partial charge in [0, 0.05) is 24.5 Å². The number of carbonyl (C=O) groups excluding carboxylic acids is 1. The van der Waals surface area contributed by atoms with E-state index in [1.54, 1.807) is 17.4 Å². The lowest BCUT2D eigenvalue weighted by Crippen LogP contribution is -2.47. The van der Waals surface area contributed by atoms with E-state index in [4.69, 9.17) is 4.74 Å². The lowest BCUT2D eigenvalue weighted by atomic mass is 10.00. The molecule has 1 aromatic heterocycles. The van der Waals surface area contributed by atoms with Crippen LogP contribution in [0.25, 0.3) is 0 Å². The van der Waals surface area contributed by atoms with E-state index < -0.39 is 6.10 Å². The highest BCUT2D eigenvalue weighted by atomic mass is 32.1. The number of ether oxygens (including phenoxy) is 1. The molecule has 2 aromatic rings. The number of hydrogen-bond donors (Lipinski definition) is 1. The maximum Gasteiger partial charge on any atom is 0.237 e. The molecule has 180 valence electrons. The normalized spacial score (nSPS) is 16.7. The zero-order valence-electron chi connectivity index (χ0n) is 20.2. The second-order valence-electron chi connectivity index (χ2n) is 9.11. The summed E-state index contributed by atoms with van der Waals surface area (Å²) >= 11 is 1.76. The Balaban J connectivity index is 1.70. The quantitative estimate of drug-likeness (QED) is 0.442. The Hall–Kier alpha value is -2.15. The lowest BCUT2D eigenvalue weighted by Gasteiger charge is -2.37. The SMILES string of the molecule is C=CCN(CC(=O)N1CCc2sccc2C1COc1ccc(C(C)C)cc1)CC(O)CCC. The molecule has 1 amide bonds. The number of amides is 1. The number of aliphatic hydroxyl groups is 1. The zero-order valence-corrected chi connectivity index (χ0v) is 21.0. The average Bonchev–Trinajstić information content (AvgIpc) is 3.27. The Morgan fingerprint density at radius 3 is 2.76 bits per heavy atom. The molecule has 0 fully saturated rings. The van der Waals surface area contributed by atoms with Crippen LogP contribution in [0.15, 0.2) is 48.4 Å². The van der Waals surface area contributed by atoms with Crippen molar-refractivity contribution in [2.45, 2.75) is 58.1 Å².